The zero-order chi connectivity index (χ0) is 12.3. The molecule has 2 heteroatoms. The number of rotatable bonds is 4. The zero-order valence-corrected chi connectivity index (χ0v) is 11.1. The van der Waals surface area contributed by atoms with Gasteiger partial charge < -0.3 is 10.6 Å². The third kappa shape index (κ3) is 3.95. The molecule has 16 heavy (non-hydrogen) atoms. The van der Waals surface area contributed by atoms with Crippen LogP contribution >= 0.6 is 0 Å². The van der Waals surface area contributed by atoms with E-state index in [0.717, 1.165) is 6.42 Å². The van der Waals surface area contributed by atoms with E-state index in [1.807, 2.05) is 0 Å². The summed E-state index contributed by atoms with van der Waals surface area (Å²) < 4.78 is 0. The Hall–Kier alpha value is -0.860. The highest BCUT2D eigenvalue weighted by atomic mass is 15.1. The molecular weight excluding hydrogens is 196 g/mol. The number of nitrogens with zero attached hydrogens (tertiary/aromatic N) is 1. The summed E-state index contributed by atoms with van der Waals surface area (Å²) >= 11 is 0. The molecule has 0 aliphatic heterocycles. The molecule has 0 bridgehead atoms. The lowest BCUT2D eigenvalue weighted by Crippen LogP contribution is -2.37. The lowest BCUT2D eigenvalue weighted by molar-refractivity contribution is 0.243. The molecule has 1 atom stereocenters. The van der Waals surface area contributed by atoms with Crippen molar-refractivity contribution in [1.82, 2.24) is 4.90 Å². The molecule has 0 saturated carbocycles. The van der Waals surface area contributed by atoms with Crippen molar-refractivity contribution in [2.45, 2.75) is 38.8 Å². The maximum absolute atomic E-state index is 6.11. The minimum absolute atomic E-state index is 0.139. The van der Waals surface area contributed by atoms with Crippen molar-refractivity contribution in [1.29, 1.82) is 0 Å². The largest absolute Gasteiger partial charge is 0.325 e. The molecule has 1 aromatic rings. The van der Waals surface area contributed by atoms with E-state index in [4.69, 9.17) is 5.73 Å². The van der Waals surface area contributed by atoms with Crippen molar-refractivity contribution in [3.63, 3.8) is 0 Å². The van der Waals surface area contributed by atoms with E-state index in [0.29, 0.717) is 6.04 Å². The lowest BCUT2D eigenvalue weighted by Gasteiger charge is -2.31. The molecule has 0 heterocycles. The maximum Gasteiger partial charge on any atom is 0.0359 e. The Balaban J connectivity index is 2.90. The van der Waals surface area contributed by atoms with Gasteiger partial charge in [-0.05, 0) is 46.9 Å². The SMILES string of the molecule is Cc1ccc(C(CC(C)(C)N)N(C)C)cc1. The second-order valence-corrected chi connectivity index (χ2v) is 5.58. The molecule has 0 fully saturated rings. The van der Waals surface area contributed by atoms with Gasteiger partial charge in [0.15, 0.2) is 0 Å². The summed E-state index contributed by atoms with van der Waals surface area (Å²) in [5, 5.41) is 0. The van der Waals surface area contributed by atoms with Gasteiger partial charge in [0.05, 0.1) is 0 Å². The van der Waals surface area contributed by atoms with Crippen LogP contribution in [0.4, 0.5) is 0 Å². The first-order valence-corrected chi connectivity index (χ1v) is 5.81. The Labute approximate surface area is 99.5 Å². The minimum Gasteiger partial charge on any atom is -0.325 e. The predicted molar refractivity (Wildman–Crippen MR) is 70.5 cm³/mol. The Bertz CT molecular complexity index is 320. The van der Waals surface area contributed by atoms with Crippen LogP contribution in [-0.4, -0.2) is 24.5 Å². The molecule has 2 N–H and O–H groups in total. The molecule has 1 aromatic carbocycles. The fourth-order valence-electron chi connectivity index (χ4n) is 1.89. The monoisotopic (exact) mass is 220 g/mol. The van der Waals surface area contributed by atoms with Crippen LogP contribution in [0.5, 0.6) is 0 Å². The van der Waals surface area contributed by atoms with E-state index in [-0.39, 0.29) is 5.54 Å². The first kappa shape index (κ1) is 13.2. The predicted octanol–water partition coefficient (Wildman–Crippen LogP) is 2.73. The molecule has 1 unspecified atom stereocenters. The quantitative estimate of drug-likeness (QED) is 0.845. The fourth-order valence-corrected chi connectivity index (χ4v) is 1.89. The van der Waals surface area contributed by atoms with Gasteiger partial charge >= 0.3 is 0 Å². The Kier molecular flexibility index (Phi) is 4.11. The van der Waals surface area contributed by atoms with Gasteiger partial charge in [0.2, 0.25) is 0 Å². The van der Waals surface area contributed by atoms with Crippen molar-refractivity contribution in [2.75, 3.05) is 14.1 Å². The lowest BCUT2D eigenvalue weighted by atomic mass is 9.91. The van der Waals surface area contributed by atoms with Crippen LogP contribution in [0, 0.1) is 6.92 Å². The second kappa shape index (κ2) is 4.98. The molecule has 0 radical (unpaired) electrons. The number of nitrogens with two attached hydrogens (primary N) is 1. The van der Waals surface area contributed by atoms with Crippen LogP contribution in [0.3, 0.4) is 0 Å². The van der Waals surface area contributed by atoms with Gasteiger partial charge in [-0.3, -0.25) is 0 Å². The van der Waals surface area contributed by atoms with Crippen LogP contribution < -0.4 is 5.73 Å². The van der Waals surface area contributed by atoms with Gasteiger partial charge in [0.25, 0.3) is 0 Å². The molecule has 0 aromatic heterocycles. The van der Waals surface area contributed by atoms with E-state index < -0.39 is 0 Å². The Morgan fingerprint density at radius 3 is 2.06 bits per heavy atom. The molecule has 2 nitrogen and oxygen atoms in total. The summed E-state index contributed by atoms with van der Waals surface area (Å²) in [4.78, 5) is 2.24. The standard InChI is InChI=1S/C14H24N2/c1-11-6-8-12(9-7-11)13(16(4)5)10-14(2,3)15/h6-9,13H,10,15H2,1-5H3. The first-order valence-electron chi connectivity index (χ1n) is 5.81. The highest BCUT2D eigenvalue weighted by Gasteiger charge is 2.21. The van der Waals surface area contributed by atoms with Crippen LogP contribution in [-0.2, 0) is 0 Å². The van der Waals surface area contributed by atoms with E-state index >= 15 is 0 Å². The third-order valence-corrected chi connectivity index (χ3v) is 2.80. The molecule has 0 amide bonds. The Morgan fingerprint density at radius 2 is 1.69 bits per heavy atom. The van der Waals surface area contributed by atoms with Crippen molar-refractivity contribution in [3.8, 4) is 0 Å². The minimum atomic E-state index is -0.139. The Morgan fingerprint density at radius 1 is 1.19 bits per heavy atom. The summed E-state index contributed by atoms with van der Waals surface area (Å²) in [5.41, 5.74) is 8.62. The summed E-state index contributed by atoms with van der Waals surface area (Å²) in [6.07, 6.45) is 0.961. The van der Waals surface area contributed by atoms with Crippen molar-refractivity contribution < 1.29 is 0 Å². The average Bonchev–Trinajstić information content (AvgIpc) is 2.14. The first-order chi connectivity index (χ1) is 7.29. The summed E-state index contributed by atoms with van der Waals surface area (Å²) in [5.74, 6) is 0. The van der Waals surface area contributed by atoms with Crippen LogP contribution in [0.25, 0.3) is 0 Å². The highest BCUT2D eigenvalue weighted by molar-refractivity contribution is 5.24. The van der Waals surface area contributed by atoms with Crippen molar-refractivity contribution >= 4 is 0 Å². The molecule has 0 aliphatic carbocycles. The van der Waals surface area contributed by atoms with Gasteiger partial charge in [-0.1, -0.05) is 29.8 Å². The molecule has 0 spiro atoms. The summed E-state index contributed by atoms with van der Waals surface area (Å²) in [7, 11) is 4.21. The van der Waals surface area contributed by atoms with E-state index in [1.165, 1.54) is 11.1 Å². The van der Waals surface area contributed by atoms with Gasteiger partial charge in [-0.2, -0.15) is 0 Å². The number of benzene rings is 1. The molecule has 0 saturated heterocycles. The fraction of sp³-hybridized carbons (Fsp3) is 0.571. The van der Waals surface area contributed by atoms with Crippen molar-refractivity contribution in [2.24, 2.45) is 5.73 Å². The van der Waals surface area contributed by atoms with Crippen LogP contribution in [0.15, 0.2) is 24.3 Å². The van der Waals surface area contributed by atoms with Crippen LogP contribution in [0.2, 0.25) is 0 Å². The average molecular weight is 220 g/mol. The van der Waals surface area contributed by atoms with Gasteiger partial charge in [-0.15, -0.1) is 0 Å². The molecule has 90 valence electrons. The molecule has 1 rings (SSSR count). The maximum atomic E-state index is 6.11. The molecular formula is C14H24N2. The summed E-state index contributed by atoms with van der Waals surface area (Å²) in [6.45, 7) is 6.27. The van der Waals surface area contributed by atoms with Gasteiger partial charge in [-0.25, -0.2) is 0 Å². The van der Waals surface area contributed by atoms with Gasteiger partial charge in [0.1, 0.15) is 0 Å². The number of hydrogen-bond acceptors (Lipinski definition) is 2. The smallest absolute Gasteiger partial charge is 0.0359 e. The van der Waals surface area contributed by atoms with E-state index in [9.17, 15) is 0 Å². The third-order valence-electron chi connectivity index (χ3n) is 2.80. The number of aryl methyl sites for hydroxylation is 1. The topological polar surface area (TPSA) is 29.3 Å². The van der Waals surface area contributed by atoms with Crippen LogP contribution in [0.1, 0.15) is 37.4 Å². The summed E-state index contributed by atoms with van der Waals surface area (Å²) in [6, 6.07) is 9.11. The van der Waals surface area contributed by atoms with E-state index in [2.05, 4.69) is 64.0 Å². The zero-order valence-electron chi connectivity index (χ0n) is 11.1. The normalized spacial score (nSPS) is 14.2. The van der Waals surface area contributed by atoms with E-state index in [1.54, 1.807) is 0 Å². The number of hydrogen-bond donors (Lipinski definition) is 1. The van der Waals surface area contributed by atoms with Gasteiger partial charge in [0, 0.05) is 11.6 Å². The second-order valence-electron chi connectivity index (χ2n) is 5.58. The molecule has 0 aliphatic rings. The highest BCUT2D eigenvalue weighted by Crippen LogP contribution is 2.26. The van der Waals surface area contributed by atoms with Crippen molar-refractivity contribution in [3.05, 3.63) is 35.4 Å².